The van der Waals surface area contributed by atoms with E-state index in [0.717, 1.165) is 11.0 Å². The lowest BCUT2D eigenvalue weighted by Gasteiger charge is -1.85. The molecule has 1 aliphatic carbocycles. The molecule has 3 rings (SSSR count). The number of aromatic nitrogens is 2. The molecule has 2 aromatic rings. The molecule has 2 heteroatoms. The quantitative estimate of drug-likeness (QED) is 0.654. The van der Waals surface area contributed by atoms with Crippen LogP contribution in [0.4, 0.5) is 0 Å². The molecule has 1 fully saturated rings. The van der Waals surface area contributed by atoms with Gasteiger partial charge in [0.15, 0.2) is 0 Å². The number of H-pyrrole nitrogens is 1. The van der Waals surface area contributed by atoms with E-state index in [1.807, 2.05) is 24.3 Å². The molecule has 0 spiro atoms. The number of fused-ring (bicyclic) bond motifs is 1. The Bertz CT molecular complexity index is 356. The number of imidazole rings is 1. The van der Waals surface area contributed by atoms with E-state index in [4.69, 9.17) is 0 Å². The zero-order chi connectivity index (χ0) is 11.1. The van der Waals surface area contributed by atoms with Gasteiger partial charge < -0.3 is 4.98 Å². The maximum absolute atomic E-state index is 4.06. The van der Waals surface area contributed by atoms with Crippen molar-refractivity contribution in [1.29, 1.82) is 0 Å². The Labute approximate surface area is 97.1 Å². The fourth-order valence-corrected chi connectivity index (χ4v) is 2.12. The van der Waals surface area contributed by atoms with Crippen molar-refractivity contribution in [3.8, 4) is 0 Å². The summed E-state index contributed by atoms with van der Waals surface area (Å²) in [5, 5.41) is 0. The maximum Gasteiger partial charge on any atom is 0.0931 e. The highest BCUT2D eigenvalue weighted by molar-refractivity contribution is 5.73. The van der Waals surface area contributed by atoms with Gasteiger partial charge in [-0.25, -0.2) is 4.98 Å². The van der Waals surface area contributed by atoms with Gasteiger partial charge >= 0.3 is 0 Å². The van der Waals surface area contributed by atoms with Crippen molar-refractivity contribution in [2.75, 3.05) is 0 Å². The van der Waals surface area contributed by atoms with Crippen LogP contribution in [0.25, 0.3) is 11.0 Å². The van der Waals surface area contributed by atoms with E-state index >= 15 is 0 Å². The third-order valence-electron chi connectivity index (χ3n) is 3.08. The van der Waals surface area contributed by atoms with Crippen LogP contribution >= 0.6 is 0 Å². The average molecular weight is 216 g/mol. The van der Waals surface area contributed by atoms with Gasteiger partial charge in [0.2, 0.25) is 0 Å². The number of nitrogens with one attached hydrogen (secondary N) is 1. The molecule has 0 unspecified atom stereocenters. The van der Waals surface area contributed by atoms with Gasteiger partial charge in [0.05, 0.1) is 17.4 Å². The first-order valence-corrected chi connectivity index (χ1v) is 6.35. The highest BCUT2D eigenvalue weighted by Crippen LogP contribution is 2.15. The Morgan fingerprint density at radius 1 is 0.812 bits per heavy atom. The van der Waals surface area contributed by atoms with Crippen LogP contribution in [0, 0.1) is 0 Å². The van der Waals surface area contributed by atoms with Crippen molar-refractivity contribution >= 4 is 11.0 Å². The summed E-state index contributed by atoms with van der Waals surface area (Å²) >= 11 is 0. The summed E-state index contributed by atoms with van der Waals surface area (Å²) in [6, 6.07) is 7.94. The van der Waals surface area contributed by atoms with Crippen LogP contribution in [0.3, 0.4) is 0 Å². The van der Waals surface area contributed by atoms with E-state index in [9.17, 15) is 0 Å². The average Bonchev–Trinajstić information content (AvgIpc) is 2.61. The molecule has 0 aliphatic heterocycles. The van der Waals surface area contributed by atoms with E-state index in [-0.39, 0.29) is 0 Å². The standard InChI is InChI=1S/C7H6N2.C7H14/c1-2-4-7-6(3-1)8-5-9-7;1-2-4-6-7-5-3-1/h1-5H,(H,8,9);1-7H2. The predicted octanol–water partition coefficient (Wildman–Crippen LogP) is 4.29. The minimum Gasteiger partial charge on any atom is -0.345 e. The van der Waals surface area contributed by atoms with E-state index in [0.29, 0.717) is 0 Å². The van der Waals surface area contributed by atoms with Crippen molar-refractivity contribution in [1.82, 2.24) is 9.97 Å². The minimum atomic E-state index is 1.03. The maximum atomic E-state index is 4.06. The second kappa shape index (κ2) is 6.31. The molecular formula is C14H20N2. The Hall–Kier alpha value is -1.31. The molecule has 86 valence electrons. The smallest absolute Gasteiger partial charge is 0.0931 e. The molecule has 0 bridgehead atoms. The lowest BCUT2D eigenvalue weighted by molar-refractivity contribution is 0.702. The predicted molar refractivity (Wildman–Crippen MR) is 68.4 cm³/mol. The fraction of sp³-hybridized carbons (Fsp3) is 0.500. The zero-order valence-electron chi connectivity index (χ0n) is 9.78. The molecule has 1 aromatic carbocycles. The molecule has 1 aliphatic rings. The lowest BCUT2D eigenvalue weighted by Crippen LogP contribution is -1.66. The van der Waals surface area contributed by atoms with Gasteiger partial charge in [0.25, 0.3) is 0 Å². The minimum absolute atomic E-state index is 1.03. The number of nitrogens with zero attached hydrogens (tertiary/aromatic N) is 1. The molecule has 1 aromatic heterocycles. The second-order valence-corrected chi connectivity index (χ2v) is 4.39. The molecule has 0 radical (unpaired) electrons. The molecule has 0 atom stereocenters. The largest absolute Gasteiger partial charge is 0.345 e. The summed E-state index contributed by atoms with van der Waals surface area (Å²) in [5.41, 5.74) is 2.12. The number of para-hydroxylation sites is 2. The van der Waals surface area contributed by atoms with Gasteiger partial charge in [-0.05, 0) is 12.1 Å². The van der Waals surface area contributed by atoms with Crippen LogP contribution < -0.4 is 0 Å². The summed E-state index contributed by atoms with van der Waals surface area (Å²) in [4.78, 5) is 7.07. The molecular weight excluding hydrogens is 196 g/mol. The molecule has 1 heterocycles. The summed E-state index contributed by atoms with van der Waals surface area (Å²) in [6.07, 6.45) is 12.2. The summed E-state index contributed by atoms with van der Waals surface area (Å²) < 4.78 is 0. The van der Waals surface area contributed by atoms with Crippen LogP contribution in [0.5, 0.6) is 0 Å². The lowest BCUT2D eigenvalue weighted by atomic mass is 10.2. The number of rotatable bonds is 0. The fourth-order valence-electron chi connectivity index (χ4n) is 2.12. The Balaban J connectivity index is 0.000000125. The van der Waals surface area contributed by atoms with Gasteiger partial charge in [0.1, 0.15) is 0 Å². The van der Waals surface area contributed by atoms with Crippen molar-refractivity contribution in [3.05, 3.63) is 30.6 Å². The van der Waals surface area contributed by atoms with Crippen molar-refractivity contribution in [2.45, 2.75) is 44.9 Å². The first kappa shape index (κ1) is 11.2. The molecule has 16 heavy (non-hydrogen) atoms. The van der Waals surface area contributed by atoms with Gasteiger partial charge in [-0.15, -0.1) is 0 Å². The topological polar surface area (TPSA) is 28.7 Å². The van der Waals surface area contributed by atoms with E-state index < -0.39 is 0 Å². The van der Waals surface area contributed by atoms with Gasteiger partial charge in [0, 0.05) is 0 Å². The van der Waals surface area contributed by atoms with Crippen LogP contribution in [-0.2, 0) is 0 Å². The van der Waals surface area contributed by atoms with Crippen LogP contribution in [0.1, 0.15) is 44.9 Å². The van der Waals surface area contributed by atoms with Crippen molar-refractivity contribution in [3.63, 3.8) is 0 Å². The van der Waals surface area contributed by atoms with Crippen molar-refractivity contribution < 1.29 is 0 Å². The number of hydrogen-bond donors (Lipinski definition) is 1. The normalized spacial score (nSPS) is 16.2. The molecule has 0 saturated heterocycles. The summed E-state index contributed by atoms with van der Waals surface area (Å²) in [5.74, 6) is 0. The van der Waals surface area contributed by atoms with Crippen LogP contribution in [0.15, 0.2) is 30.6 Å². The summed E-state index contributed by atoms with van der Waals surface area (Å²) in [7, 11) is 0. The van der Waals surface area contributed by atoms with E-state index in [1.165, 1.54) is 44.9 Å². The first-order valence-electron chi connectivity index (χ1n) is 6.35. The Morgan fingerprint density at radius 3 is 1.94 bits per heavy atom. The molecule has 0 amide bonds. The third-order valence-corrected chi connectivity index (χ3v) is 3.08. The first-order chi connectivity index (χ1) is 7.97. The number of aromatic amines is 1. The second-order valence-electron chi connectivity index (χ2n) is 4.39. The molecule has 2 nitrogen and oxygen atoms in total. The highest BCUT2D eigenvalue weighted by Gasteiger charge is 1.95. The number of hydrogen-bond acceptors (Lipinski definition) is 1. The molecule has 1 N–H and O–H groups in total. The molecule has 1 saturated carbocycles. The highest BCUT2D eigenvalue weighted by atomic mass is 14.9. The summed E-state index contributed by atoms with van der Waals surface area (Å²) in [6.45, 7) is 0. The van der Waals surface area contributed by atoms with Crippen molar-refractivity contribution in [2.24, 2.45) is 0 Å². The van der Waals surface area contributed by atoms with Gasteiger partial charge in [-0.2, -0.15) is 0 Å². The van der Waals surface area contributed by atoms with Gasteiger partial charge in [-0.1, -0.05) is 57.1 Å². The van der Waals surface area contributed by atoms with Crippen LogP contribution in [-0.4, -0.2) is 9.97 Å². The van der Waals surface area contributed by atoms with E-state index in [2.05, 4.69) is 9.97 Å². The number of benzene rings is 1. The monoisotopic (exact) mass is 216 g/mol. The van der Waals surface area contributed by atoms with Gasteiger partial charge in [-0.3, -0.25) is 0 Å². The Morgan fingerprint density at radius 2 is 1.38 bits per heavy atom. The van der Waals surface area contributed by atoms with E-state index in [1.54, 1.807) is 6.33 Å². The Kier molecular flexibility index (Phi) is 4.41. The zero-order valence-corrected chi connectivity index (χ0v) is 9.78. The third kappa shape index (κ3) is 3.37. The van der Waals surface area contributed by atoms with Crippen LogP contribution in [0.2, 0.25) is 0 Å². The SMILES string of the molecule is C1CCCCCC1.c1ccc2[nH]cnc2c1.